The number of nitrogens with one attached hydrogen (secondary N) is 2. The fourth-order valence-electron chi connectivity index (χ4n) is 5.26. The van der Waals surface area contributed by atoms with Crippen molar-refractivity contribution in [3.05, 3.63) is 156 Å². The van der Waals surface area contributed by atoms with Crippen molar-refractivity contribution in [3.8, 4) is 11.5 Å². The van der Waals surface area contributed by atoms with Crippen LogP contribution < -0.4 is 19.5 Å². The lowest BCUT2D eigenvalue weighted by Crippen LogP contribution is -2.52. The number of nitrogens with zero attached hydrogens (tertiary/aromatic N) is 1. The second-order valence-electron chi connectivity index (χ2n) is 11.6. The number of sulfonamides is 1. The molecule has 0 aliphatic rings. The van der Waals surface area contributed by atoms with E-state index in [-0.39, 0.29) is 35.2 Å². The molecule has 0 heterocycles. The van der Waals surface area contributed by atoms with Gasteiger partial charge in [-0.05, 0) is 95.9 Å². The van der Waals surface area contributed by atoms with Crippen LogP contribution in [0.1, 0.15) is 16.7 Å². The average molecular weight is 714 g/mol. The van der Waals surface area contributed by atoms with Gasteiger partial charge in [0.05, 0.1) is 12.0 Å². The van der Waals surface area contributed by atoms with Crippen LogP contribution in [0.15, 0.2) is 132 Å². The summed E-state index contributed by atoms with van der Waals surface area (Å²) < 4.78 is 66.1. The summed E-state index contributed by atoms with van der Waals surface area (Å²) in [4.78, 5) is 29.1. The van der Waals surface area contributed by atoms with Crippen LogP contribution in [-0.4, -0.2) is 51.4 Å². The number of anilines is 1. The molecule has 1 unspecified atom stereocenters. The average Bonchev–Trinajstić information content (AvgIpc) is 3.14. The number of halogens is 2. The third-order valence-electron chi connectivity index (χ3n) is 8.00. The molecular formula is C39H37F2N3O6S. The second-order valence-corrected chi connectivity index (χ2v) is 13.3. The van der Waals surface area contributed by atoms with Gasteiger partial charge in [-0.2, -0.15) is 0 Å². The van der Waals surface area contributed by atoms with E-state index < -0.39 is 40.2 Å². The van der Waals surface area contributed by atoms with E-state index in [0.717, 1.165) is 29.0 Å². The number of hydrogen-bond acceptors (Lipinski definition) is 6. The van der Waals surface area contributed by atoms with E-state index in [1.54, 1.807) is 19.2 Å². The first-order chi connectivity index (χ1) is 24.6. The molecule has 12 heteroatoms. The first kappa shape index (κ1) is 36.5. The van der Waals surface area contributed by atoms with E-state index >= 15 is 0 Å². The van der Waals surface area contributed by atoms with E-state index in [2.05, 4.69) is 10.0 Å². The van der Waals surface area contributed by atoms with E-state index in [0.29, 0.717) is 18.5 Å². The number of benzene rings is 5. The fraction of sp³-hybridized carbons (Fsp3) is 0.179. The zero-order valence-corrected chi connectivity index (χ0v) is 28.6. The highest BCUT2D eigenvalue weighted by Gasteiger charge is 2.31. The van der Waals surface area contributed by atoms with E-state index in [9.17, 15) is 26.8 Å². The molecule has 0 saturated heterocycles. The Labute approximate surface area is 295 Å². The third-order valence-corrected chi connectivity index (χ3v) is 9.40. The molecule has 51 heavy (non-hydrogen) atoms. The molecule has 5 aromatic rings. The minimum Gasteiger partial charge on any atom is -0.497 e. The topological polar surface area (TPSA) is 114 Å². The van der Waals surface area contributed by atoms with Crippen LogP contribution in [0.5, 0.6) is 11.5 Å². The van der Waals surface area contributed by atoms with Gasteiger partial charge < -0.3 is 19.7 Å². The molecule has 0 fully saturated rings. The molecule has 0 aliphatic carbocycles. The minimum atomic E-state index is -3.98. The number of carbonyl (C=O) groups is 2. The van der Waals surface area contributed by atoms with Crippen molar-refractivity contribution in [2.24, 2.45) is 0 Å². The smallest absolute Gasteiger partial charge is 0.261 e. The van der Waals surface area contributed by atoms with Gasteiger partial charge in [0.15, 0.2) is 6.61 Å². The second kappa shape index (κ2) is 17.3. The van der Waals surface area contributed by atoms with Gasteiger partial charge >= 0.3 is 0 Å². The van der Waals surface area contributed by atoms with E-state index in [4.69, 9.17) is 9.47 Å². The number of ether oxygens (including phenoxy) is 2. The molecule has 2 amide bonds. The first-order valence-electron chi connectivity index (χ1n) is 16.1. The summed E-state index contributed by atoms with van der Waals surface area (Å²) in [7, 11) is -2.40. The van der Waals surface area contributed by atoms with Gasteiger partial charge in [-0.1, -0.05) is 54.6 Å². The van der Waals surface area contributed by atoms with Crippen LogP contribution >= 0.6 is 0 Å². The predicted molar refractivity (Wildman–Crippen MR) is 190 cm³/mol. The Bertz CT molecular complexity index is 1990. The largest absolute Gasteiger partial charge is 0.497 e. The van der Waals surface area contributed by atoms with Crippen molar-refractivity contribution in [2.75, 3.05) is 25.0 Å². The molecule has 5 aromatic carbocycles. The van der Waals surface area contributed by atoms with Crippen LogP contribution in [0, 0.1) is 11.6 Å². The molecule has 0 aliphatic heterocycles. The molecule has 5 rings (SSSR count). The zero-order chi connectivity index (χ0) is 36.2. The minimum absolute atomic E-state index is 0.00188. The maximum atomic E-state index is 13.9. The maximum absolute atomic E-state index is 13.9. The van der Waals surface area contributed by atoms with Crippen molar-refractivity contribution >= 4 is 27.5 Å². The molecule has 0 aromatic heterocycles. The number of carbonyl (C=O) groups excluding carboxylic acids is 2. The molecule has 0 saturated carbocycles. The summed E-state index contributed by atoms with van der Waals surface area (Å²) in [6.07, 6.45) is 0.754. The molecule has 0 radical (unpaired) electrons. The summed E-state index contributed by atoms with van der Waals surface area (Å²) in [6, 6.07) is 31.9. The van der Waals surface area contributed by atoms with Crippen LogP contribution in [0.3, 0.4) is 0 Å². The number of amides is 2. The van der Waals surface area contributed by atoms with Gasteiger partial charge in [0.2, 0.25) is 5.91 Å². The van der Waals surface area contributed by atoms with Gasteiger partial charge in [0.1, 0.15) is 29.2 Å². The van der Waals surface area contributed by atoms with Crippen LogP contribution in [0.4, 0.5) is 14.5 Å². The van der Waals surface area contributed by atoms with Crippen LogP contribution in [0.25, 0.3) is 0 Å². The number of rotatable bonds is 16. The Morgan fingerprint density at radius 1 is 0.725 bits per heavy atom. The first-order valence-corrected chi connectivity index (χ1v) is 17.6. The van der Waals surface area contributed by atoms with Crippen LogP contribution in [0.2, 0.25) is 0 Å². The Hall–Kier alpha value is -5.75. The molecule has 0 spiro atoms. The lowest BCUT2D eigenvalue weighted by Gasteiger charge is -2.31. The van der Waals surface area contributed by atoms with Crippen molar-refractivity contribution in [1.29, 1.82) is 0 Å². The maximum Gasteiger partial charge on any atom is 0.261 e. The molecule has 1 atom stereocenters. The highest BCUT2D eigenvalue weighted by atomic mass is 32.2. The summed E-state index contributed by atoms with van der Waals surface area (Å²) in [5.74, 6) is -0.874. The number of hydrogen-bond donors (Lipinski definition) is 2. The monoisotopic (exact) mass is 713 g/mol. The van der Waals surface area contributed by atoms with E-state index in [1.165, 1.54) is 53.4 Å². The van der Waals surface area contributed by atoms with Gasteiger partial charge in [-0.3, -0.25) is 14.3 Å². The molecule has 264 valence electrons. The molecule has 9 nitrogen and oxygen atoms in total. The Balaban J connectivity index is 1.32. The molecular weight excluding hydrogens is 677 g/mol. The molecule has 0 bridgehead atoms. The number of methoxy groups -OCH3 is 1. The SMILES string of the molecule is COc1ccc(CCNC(=O)C(Cc2ccccc2)N(Cc2ccc(F)cc2)C(=O)COc2ccc(S(=O)(=O)Nc3ccc(F)cc3)cc2)cc1. The van der Waals surface area contributed by atoms with Crippen molar-refractivity contribution in [1.82, 2.24) is 10.2 Å². The zero-order valence-electron chi connectivity index (χ0n) is 27.8. The molecule has 2 N–H and O–H groups in total. The van der Waals surface area contributed by atoms with Crippen molar-refractivity contribution in [2.45, 2.75) is 30.3 Å². The standard InChI is InChI=1S/C39H37F2N3O6S/c1-49-34-17-9-28(10-18-34)23-24-42-39(46)37(25-29-5-3-2-4-6-29)44(26-30-7-11-31(40)12-8-30)38(45)27-50-35-19-21-36(22-20-35)51(47,48)43-33-15-13-32(41)14-16-33/h2-22,37,43H,23-27H2,1H3,(H,42,46). The fourth-order valence-corrected chi connectivity index (χ4v) is 6.31. The lowest BCUT2D eigenvalue weighted by atomic mass is 10.0. The van der Waals surface area contributed by atoms with Gasteiger partial charge in [0, 0.05) is 25.2 Å². The highest BCUT2D eigenvalue weighted by molar-refractivity contribution is 7.92. The predicted octanol–water partition coefficient (Wildman–Crippen LogP) is 6.15. The quantitative estimate of drug-likeness (QED) is 0.127. The van der Waals surface area contributed by atoms with Gasteiger partial charge in [0.25, 0.3) is 15.9 Å². The van der Waals surface area contributed by atoms with Crippen LogP contribution in [-0.2, 0) is 39.0 Å². The van der Waals surface area contributed by atoms with Gasteiger partial charge in [-0.15, -0.1) is 0 Å². The Kier molecular flexibility index (Phi) is 12.4. The summed E-state index contributed by atoms with van der Waals surface area (Å²) >= 11 is 0. The summed E-state index contributed by atoms with van der Waals surface area (Å²) in [5.41, 5.74) is 2.63. The normalized spacial score (nSPS) is 11.7. The summed E-state index contributed by atoms with van der Waals surface area (Å²) in [6.45, 7) is -0.152. The lowest BCUT2D eigenvalue weighted by molar-refractivity contribution is -0.142. The summed E-state index contributed by atoms with van der Waals surface area (Å²) in [5, 5.41) is 2.98. The highest BCUT2D eigenvalue weighted by Crippen LogP contribution is 2.21. The van der Waals surface area contributed by atoms with Crippen molar-refractivity contribution < 1.29 is 36.3 Å². The van der Waals surface area contributed by atoms with Crippen molar-refractivity contribution in [3.63, 3.8) is 0 Å². The Morgan fingerprint density at radius 3 is 1.94 bits per heavy atom. The third kappa shape index (κ3) is 10.6. The Morgan fingerprint density at radius 2 is 1.31 bits per heavy atom. The van der Waals surface area contributed by atoms with E-state index in [1.807, 2.05) is 54.6 Å². The van der Waals surface area contributed by atoms with Gasteiger partial charge in [-0.25, -0.2) is 17.2 Å².